The summed E-state index contributed by atoms with van der Waals surface area (Å²) in [5.41, 5.74) is 7.30. The molecule has 2 N–H and O–H groups in total. The summed E-state index contributed by atoms with van der Waals surface area (Å²) >= 11 is 7.67. The molecule has 18 heavy (non-hydrogen) atoms. The number of ether oxygens (including phenoxy) is 2. The first-order valence-corrected chi connectivity index (χ1v) is 6.51. The summed E-state index contributed by atoms with van der Waals surface area (Å²) < 4.78 is 10.4. The summed E-state index contributed by atoms with van der Waals surface area (Å²) in [5.74, 6) is 1.11. The Morgan fingerprint density at radius 1 is 1.33 bits per heavy atom. The largest absolute Gasteiger partial charge is 0.493 e. The van der Waals surface area contributed by atoms with E-state index in [1.807, 2.05) is 17.5 Å². The molecule has 0 saturated heterocycles. The maximum Gasteiger partial charge on any atom is 0.179 e. The second kappa shape index (κ2) is 5.56. The van der Waals surface area contributed by atoms with Crippen LogP contribution in [0.3, 0.4) is 0 Å². The molecule has 2 rings (SSSR count). The first kappa shape index (κ1) is 13.1. The van der Waals surface area contributed by atoms with Crippen LogP contribution in [0.15, 0.2) is 17.5 Å². The Morgan fingerprint density at radius 2 is 2.11 bits per heavy atom. The maximum absolute atomic E-state index is 6.15. The summed E-state index contributed by atoms with van der Waals surface area (Å²) in [6, 6.07) is 3.66. The van der Waals surface area contributed by atoms with Crippen molar-refractivity contribution < 1.29 is 9.47 Å². The third-order valence-corrected chi connectivity index (χ3v) is 3.66. The second-order valence-corrected chi connectivity index (χ2v) is 4.81. The fourth-order valence-electron chi connectivity index (χ4n) is 1.57. The molecule has 0 radical (unpaired) electrons. The van der Waals surface area contributed by atoms with Crippen molar-refractivity contribution in [3.63, 3.8) is 0 Å². The van der Waals surface area contributed by atoms with Crippen molar-refractivity contribution in [1.29, 1.82) is 0 Å². The van der Waals surface area contributed by atoms with Crippen LogP contribution in [0.1, 0.15) is 5.69 Å². The van der Waals surface area contributed by atoms with Crippen LogP contribution in [0.25, 0.3) is 10.6 Å². The minimum Gasteiger partial charge on any atom is -0.493 e. The maximum atomic E-state index is 6.15. The highest BCUT2D eigenvalue weighted by Crippen LogP contribution is 2.39. The molecule has 0 aliphatic rings. The minimum atomic E-state index is 0.428. The lowest BCUT2D eigenvalue weighted by molar-refractivity contribution is 0.355. The summed E-state index contributed by atoms with van der Waals surface area (Å²) in [7, 11) is 3.13. The average molecular weight is 285 g/mol. The van der Waals surface area contributed by atoms with E-state index in [9.17, 15) is 0 Å². The smallest absolute Gasteiger partial charge is 0.179 e. The lowest BCUT2D eigenvalue weighted by atomic mass is 10.2. The van der Waals surface area contributed by atoms with E-state index in [4.69, 9.17) is 26.8 Å². The van der Waals surface area contributed by atoms with Crippen LogP contribution < -0.4 is 15.2 Å². The number of methoxy groups -OCH3 is 2. The highest BCUT2D eigenvalue weighted by molar-refractivity contribution is 7.13. The van der Waals surface area contributed by atoms with Gasteiger partial charge < -0.3 is 15.2 Å². The van der Waals surface area contributed by atoms with Crippen molar-refractivity contribution in [2.75, 3.05) is 14.2 Å². The van der Waals surface area contributed by atoms with Gasteiger partial charge in [-0.25, -0.2) is 4.98 Å². The average Bonchev–Trinajstić information content (AvgIpc) is 2.86. The van der Waals surface area contributed by atoms with E-state index >= 15 is 0 Å². The zero-order valence-electron chi connectivity index (χ0n) is 10.1. The normalized spacial score (nSPS) is 10.4. The zero-order chi connectivity index (χ0) is 13.1. The Bertz CT molecular complexity index is 557. The molecular weight excluding hydrogens is 272 g/mol. The van der Waals surface area contributed by atoms with Gasteiger partial charge in [-0.05, 0) is 12.1 Å². The van der Waals surface area contributed by atoms with Crippen LogP contribution in [0.2, 0.25) is 5.02 Å². The Hall–Kier alpha value is -1.30. The standard InChI is InChI=1S/C12H13ClN2O2S/c1-16-10-4-7(3-9(13)11(10)17-2)12-15-8(5-14)6-18-12/h3-4,6H,5,14H2,1-2H3. The van der Waals surface area contributed by atoms with Gasteiger partial charge in [0.1, 0.15) is 5.01 Å². The minimum absolute atomic E-state index is 0.428. The number of benzene rings is 1. The van der Waals surface area contributed by atoms with E-state index in [-0.39, 0.29) is 0 Å². The monoisotopic (exact) mass is 284 g/mol. The molecule has 0 unspecified atom stereocenters. The van der Waals surface area contributed by atoms with Gasteiger partial charge in [-0.3, -0.25) is 0 Å². The summed E-state index contributed by atoms with van der Waals surface area (Å²) in [6.07, 6.45) is 0. The SMILES string of the molecule is COc1cc(-c2nc(CN)cs2)cc(Cl)c1OC. The number of aromatic nitrogens is 1. The predicted molar refractivity (Wildman–Crippen MR) is 73.6 cm³/mol. The lowest BCUT2D eigenvalue weighted by Gasteiger charge is -2.10. The number of hydrogen-bond acceptors (Lipinski definition) is 5. The Labute approximate surface area is 114 Å². The van der Waals surface area contributed by atoms with Crippen LogP contribution in [-0.2, 0) is 6.54 Å². The van der Waals surface area contributed by atoms with Gasteiger partial charge in [0.15, 0.2) is 11.5 Å². The topological polar surface area (TPSA) is 57.4 Å². The third-order valence-electron chi connectivity index (χ3n) is 2.44. The number of halogens is 1. The van der Waals surface area contributed by atoms with E-state index in [2.05, 4.69) is 4.98 Å². The molecule has 0 spiro atoms. The third kappa shape index (κ3) is 2.43. The van der Waals surface area contributed by atoms with Gasteiger partial charge in [0.2, 0.25) is 0 Å². The molecule has 0 saturated carbocycles. The molecule has 0 aliphatic heterocycles. The van der Waals surface area contributed by atoms with Crippen molar-refractivity contribution in [2.45, 2.75) is 6.54 Å². The van der Waals surface area contributed by atoms with Crippen LogP contribution >= 0.6 is 22.9 Å². The Kier molecular flexibility index (Phi) is 4.06. The van der Waals surface area contributed by atoms with E-state index in [1.54, 1.807) is 14.2 Å². The van der Waals surface area contributed by atoms with Gasteiger partial charge >= 0.3 is 0 Å². The molecule has 0 atom stereocenters. The van der Waals surface area contributed by atoms with Gasteiger partial charge in [0.05, 0.1) is 24.9 Å². The zero-order valence-corrected chi connectivity index (χ0v) is 11.6. The number of nitrogens with zero attached hydrogens (tertiary/aromatic N) is 1. The summed E-state index contributed by atoms with van der Waals surface area (Å²) in [5, 5.41) is 3.29. The fraction of sp³-hybridized carbons (Fsp3) is 0.250. The summed E-state index contributed by atoms with van der Waals surface area (Å²) in [6.45, 7) is 0.428. The number of nitrogens with two attached hydrogens (primary N) is 1. The molecule has 6 heteroatoms. The quantitative estimate of drug-likeness (QED) is 0.938. The molecular formula is C12H13ClN2O2S. The van der Waals surface area contributed by atoms with Crippen molar-refractivity contribution in [1.82, 2.24) is 4.98 Å². The van der Waals surface area contributed by atoms with E-state index in [1.165, 1.54) is 11.3 Å². The van der Waals surface area contributed by atoms with E-state index in [0.717, 1.165) is 16.3 Å². The molecule has 1 aromatic heterocycles. The first-order valence-electron chi connectivity index (χ1n) is 5.26. The van der Waals surface area contributed by atoms with E-state index in [0.29, 0.717) is 23.1 Å². The van der Waals surface area contributed by atoms with Crippen molar-refractivity contribution >= 4 is 22.9 Å². The van der Waals surface area contributed by atoms with Crippen LogP contribution in [0.5, 0.6) is 11.5 Å². The first-order chi connectivity index (χ1) is 8.69. The van der Waals surface area contributed by atoms with Gasteiger partial charge in [0.25, 0.3) is 0 Å². The Morgan fingerprint density at radius 3 is 2.67 bits per heavy atom. The predicted octanol–water partition coefficient (Wildman–Crippen LogP) is 2.94. The molecule has 0 amide bonds. The highest BCUT2D eigenvalue weighted by atomic mass is 35.5. The molecule has 0 bridgehead atoms. The second-order valence-electron chi connectivity index (χ2n) is 3.54. The van der Waals surface area contributed by atoms with Gasteiger partial charge in [-0.2, -0.15) is 0 Å². The van der Waals surface area contributed by atoms with E-state index < -0.39 is 0 Å². The molecule has 4 nitrogen and oxygen atoms in total. The van der Waals surface area contributed by atoms with Gasteiger partial charge in [-0.1, -0.05) is 11.6 Å². The highest BCUT2D eigenvalue weighted by Gasteiger charge is 2.13. The fourth-order valence-corrected chi connectivity index (χ4v) is 2.68. The molecule has 96 valence electrons. The molecule has 2 aromatic rings. The van der Waals surface area contributed by atoms with Crippen LogP contribution in [0, 0.1) is 0 Å². The van der Waals surface area contributed by atoms with Gasteiger partial charge in [0, 0.05) is 17.5 Å². The number of thiazole rings is 1. The van der Waals surface area contributed by atoms with Crippen molar-refractivity contribution in [3.8, 4) is 22.1 Å². The van der Waals surface area contributed by atoms with Crippen LogP contribution in [-0.4, -0.2) is 19.2 Å². The number of hydrogen-bond donors (Lipinski definition) is 1. The van der Waals surface area contributed by atoms with Crippen molar-refractivity contribution in [2.24, 2.45) is 5.73 Å². The lowest BCUT2D eigenvalue weighted by Crippen LogP contribution is -1.96. The number of rotatable bonds is 4. The molecule has 0 aliphatic carbocycles. The van der Waals surface area contributed by atoms with Crippen molar-refractivity contribution in [3.05, 3.63) is 28.2 Å². The van der Waals surface area contributed by atoms with Crippen LogP contribution in [0.4, 0.5) is 0 Å². The molecule has 1 heterocycles. The van der Waals surface area contributed by atoms with Gasteiger partial charge in [-0.15, -0.1) is 11.3 Å². The molecule has 1 aromatic carbocycles. The molecule has 0 fully saturated rings. The summed E-state index contributed by atoms with van der Waals surface area (Å²) in [4.78, 5) is 4.41. The Balaban J connectivity index is 2.48.